The van der Waals surface area contributed by atoms with Gasteiger partial charge >= 0.3 is 0 Å². The van der Waals surface area contributed by atoms with E-state index in [0.29, 0.717) is 13.1 Å². The fraction of sp³-hybridized carbons (Fsp3) is 0.462. The maximum Gasteiger partial charge on any atom is 0.261 e. The number of halogens is 1. The third kappa shape index (κ3) is 6.80. The third-order valence-corrected chi connectivity index (χ3v) is 4.26. The number of unbranched alkanes of at least 4 members (excludes halogenated alkanes) is 3. The van der Waals surface area contributed by atoms with Crippen molar-refractivity contribution in [3.8, 4) is 0 Å². The molecule has 0 aliphatic carbocycles. The molecule has 9 heteroatoms. The summed E-state index contributed by atoms with van der Waals surface area (Å²) in [4.78, 5) is 14.5. The molecule has 0 heterocycles. The van der Waals surface area contributed by atoms with Gasteiger partial charge in [0.15, 0.2) is 0 Å². The number of hydrogen-bond donors (Lipinski definition) is 1. The first kappa shape index (κ1) is 18.3. The van der Waals surface area contributed by atoms with Crippen LogP contribution in [-0.4, -0.2) is 27.4 Å². The van der Waals surface area contributed by atoms with Crippen molar-refractivity contribution in [1.82, 2.24) is 5.32 Å². The standard InChI is InChI=1S/C13H17ClN4O3S/c14-22(20,21)12-7-5-6-11(10-12)13(19)16-8-3-1-2-4-9-17-18-15/h5-7,10H,1-4,8-9H2,(H,16,19). The largest absolute Gasteiger partial charge is 0.352 e. The predicted molar refractivity (Wildman–Crippen MR) is 84.3 cm³/mol. The van der Waals surface area contributed by atoms with Gasteiger partial charge in [-0.25, -0.2) is 8.42 Å². The summed E-state index contributed by atoms with van der Waals surface area (Å²) in [6.07, 6.45) is 3.47. The zero-order valence-corrected chi connectivity index (χ0v) is 13.5. The van der Waals surface area contributed by atoms with Crippen LogP contribution in [0.1, 0.15) is 36.0 Å². The molecule has 0 atom stereocenters. The molecular formula is C13H17ClN4O3S. The Kier molecular flexibility index (Phi) is 7.73. The van der Waals surface area contributed by atoms with Crippen LogP contribution in [0, 0.1) is 0 Å². The summed E-state index contributed by atoms with van der Waals surface area (Å²) < 4.78 is 22.4. The Morgan fingerprint density at radius 3 is 2.68 bits per heavy atom. The van der Waals surface area contributed by atoms with Gasteiger partial charge in [0.1, 0.15) is 0 Å². The third-order valence-electron chi connectivity index (χ3n) is 2.91. The number of benzene rings is 1. The van der Waals surface area contributed by atoms with Crippen molar-refractivity contribution in [2.75, 3.05) is 13.1 Å². The minimum atomic E-state index is -3.84. The second kappa shape index (κ2) is 9.30. The van der Waals surface area contributed by atoms with Crippen LogP contribution >= 0.6 is 10.7 Å². The lowest BCUT2D eigenvalue weighted by Gasteiger charge is -2.06. The van der Waals surface area contributed by atoms with Crippen LogP contribution < -0.4 is 5.32 Å². The summed E-state index contributed by atoms with van der Waals surface area (Å²) in [5, 5.41) is 6.16. The average molecular weight is 345 g/mol. The van der Waals surface area contributed by atoms with Gasteiger partial charge in [0.05, 0.1) is 4.90 Å². The lowest BCUT2D eigenvalue weighted by molar-refractivity contribution is 0.0952. The molecule has 1 aromatic rings. The van der Waals surface area contributed by atoms with E-state index in [9.17, 15) is 13.2 Å². The Labute approximate surface area is 133 Å². The van der Waals surface area contributed by atoms with Gasteiger partial charge in [-0.05, 0) is 36.6 Å². The van der Waals surface area contributed by atoms with Gasteiger partial charge in [-0.2, -0.15) is 0 Å². The fourth-order valence-electron chi connectivity index (χ4n) is 1.80. The normalized spacial score (nSPS) is 10.8. The molecule has 0 aliphatic rings. The molecule has 0 aliphatic heterocycles. The van der Waals surface area contributed by atoms with Crippen LogP contribution in [0.5, 0.6) is 0 Å². The van der Waals surface area contributed by atoms with Crippen LogP contribution in [-0.2, 0) is 9.05 Å². The van der Waals surface area contributed by atoms with Gasteiger partial charge in [-0.15, -0.1) is 0 Å². The number of carbonyl (C=O) groups is 1. The van der Waals surface area contributed by atoms with E-state index in [1.165, 1.54) is 24.3 Å². The van der Waals surface area contributed by atoms with Crippen molar-refractivity contribution < 1.29 is 13.2 Å². The van der Waals surface area contributed by atoms with Crippen LogP contribution in [0.2, 0.25) is 0 Å². The molecule has 0 fully saturated rings. The summed E-state index contributed by atoms with van der Waals surface area (Å²) in [6.45, 7) is 0.987. The molecule has 7 nitrogen and oxygen atoms in total. The molecule has 0 saturated carbocycles. The molecule has 0 radical (unpaired) electrons. The summed E-state index contributed by atoms with van der Waals surface area (Å²) in [7, 11) is 1.40. The van der Waals surface area contributed by atoms with Gasteiger partial charge < -0.3 is 5.32 Å². The molecule has 0 saturated heterocycles. The zero-order valence-electron chi connectivity index (χ0n) is 11.9. The van der Waals surface area contributed by atoms with Crippen molar-refractivity contribution >= 4 is 25.6 Å². The van der Waals surface area contributed by atoms with E-state index in [-0.39, 0.29) is 16.4 Å². The summed E-state index contributed by atoms with van der Waals surface area (Å²) in [6, 6.07) is 5.58. The van der Waals surface area contributed by atoms with Crippen molar-refractivity contribution in [1.29, 1.82) is 0 Å². The number of carbonyl (C=O) groups excluding carboxylic acids is 1. The van der Waals surface area contributed by atoms with E-state index >= 15 is 0 Å². The quantitative estimate of drug-likeness (QED) is 0.244. The highest BCUT2D eigenvalue weighted by Crippen LogP contribution is 2.16. The minimum Gasteiger partial charge on any atom is -0.352 e. The van der Waals surface area contributed by atoms with Crippen LogP contribution in [0.3, 0.4) is 0 Å². The van der Waals surface area contributed by atoms with Gasteiger partial charge in [0.25, 0.3) is 15.0 Å². The Balaban J connectivity index is 2.35. The highest BCUT2D eigenvalue weighted by atomic mass is 35.7. The molecule has 22 heavy (non-hydrogen) atoms. The molecule has 1 amide bonds. The molecule has 120 valence electrons. The highest BCUT2D eigenvalue weighted by molar-refractivity contribution is 8.13. The number of nitrogens with zero attached hydrogens (tertiary/aromatic N) is 3. The lowest BCUT2D eigenvalue weighted by atomic mass is 10.2. The van der Waals surface area contributed by atoms with E-state index in [1.807, 2.05) is 0 Å². The van der Waals surface area contributed by atoms with Crippen molar-refractivity contribution in [3.63, 3.8) is 0 Å². The second-order valence-corrected chi connectivity index (χ2v) is 7.16. The van der Waals surface area contributed by atoms with Crippen LogP contribution in [0.4, 0.5) is 0 Å². The molecular weight excluding hydrogens is 328 g/mol. The number of hydrogen-bond acceptors (Lipinski definition) is 4. The van der Waals surface area contributed by atoms with E-state index < -0.39 is 9.05 Å². The van der Waals surface area contributed by atoms with Crippen LogP contribution in [0.15, 0.2) is 34.3 Å². The fourth-order valence-corrected chi connectivity index (χ4v) is 2.60. The molecule has 1 N–H and O–H groups in total. The van der Waals surface area contributed by atoms with Crippen molar-refractivity contribution in [2.45, 2.75) is 30.6 Å². The first-order valence-electron chi connectivity index (χ1n) is 6.79. The van der Waals surface area contributed by atoms with E-state index in [0.717, 1.165) is 25.7 Å². The average Bonchev–Trinajstić information content (AvgIpc) is 2.49. The Morgan fingerprint density at radius 2 is 2.00 bits per heavy atom. The number of rotatable bonds is 9. The zero-order chi connectivity index (χ0) is 16.4. The van der Waals surface area contributed by atoms with Crippen molar-refractivity contribution in [3.05, 3.63) is 40.3 Å². The summed E-state index contributed by atoms with van der Waals surface area (Å²) in [5.74, 6) is -0.337. The van der Waals surface area contributed by atoms with Gasteiger partial charge in [0, 0.05) is 34.2 Å². The number of amides is 1. The Bertz CT molecular complexity index is 657. The Morgan fingerprint density at radius 1 is 1.27 bits per heavy atom. The molecule has 1 rings (SSSR count). The predicted octanol–water partition coefficient (Wildman–Crippen LogP) is 3.21. The highest BCUT2D eigenvalue weighted by Gasteiger charge is 2.12. The van der Waals surface area contributed by atoms with Gasteiger partial charge in [-0.1, -0.05) is 24.0 Å². The minimum absolute atomic E-state index is 0.0973. The lowest BCUT2D eigenvalue weighted by Crippen LogP contribution is -2.24. The van der Waals surface area contributed by atoms with E-state index in [4.69, 9.17) is 16.2 Å². The second-order valence-electron chi connectivity index (χ2n) is 4.59. The monoisotopic (exact) mass is 344 g/mol. The van der Waals surface area contributed by atoms with Crippen molar-refractivity contribution in [2.24, 2.45) is 5.11 Å². The van der Waals surface area contributed by atoms with E-state index in [2.05, 4.69) is 15.3 Å². The number of azide groups is 1. The summed E-state index contributed by atoms with van der Waals surface area (Å²) >= 11 is 0. The summed E-state index contributed by atoms with van der Waals surface area (Å²) in [5.41, 5.74) is 8.37. The maximum atomic E-state index is 11.9. The molecule has 1 aromatic carbocycles. The van der Waals surface area contributed by atoms with E-state index in [1.54, 1.807) is 0 Å². The van der Waals surface area contributed by atoms with Crippen LogP contribution in [0.25, 0.3) is 10.4 Å². The van der Waals surface area contributed by atoms with Gasteiger partial charge in [0.2, 0.25) is 0 Å². The smallest absolute Gasteiger partial charge is 0.261 e. The molecule has 0 bridgehead atoms. The SMILES string of the molecule is [N-]=[N+]=NCCCCCCNC(=O)c1cccc(S(=O)(=O)Cl)c1. The number of nitrogens with one attached hydrogen (secondary N) is 1. The molecule has 0 aromatic heterocycles. The molecule has 0 unspecified atom stereocenters. The Hall–Kier alpha value is -1.76. The molecule has 0 spiro atoms. The van der Waals surface area contributed by atoms with Gasteiger partial charge in [-0.3, -0.25) is 4.79 Å². The first-order chi connectivity index (χ1) is 10.4. The first-order valence-corrected chi connectivity index (χ1v) is 9.10. The maximum absolute atomic E-state index is 11.9. The topological polar surface area (TPSA) is 112 Å².